The highest BCUT2D eigenvalue weighted by molar-refractivity contribution is 7.98. The van der Waals surface area contributed by atoms with Gasteiger partial charge in [-0.2, -0.15) is 0 Å². The second-order valence-electron chi connectivity index (χ2n) is 3.52. The molecule has 0 unspecified atom stereocenters. The molecule has 1 heterocycles. The van der Waals surface area contributed by atoms with Crippen molar-refractivity contribution in [2.75, 3.05) is 11.6 Å². The number of thioether (sulfide) groups is 1. The van der Waals surface area contributed by atoms with E-state index in [1.54, 1.807) is 24.8 Å². The van der Waals surface area contributed by atoms with Gasteiger partial charge in [-0.1, -0.05) is 11.2 Å². The van der Waals surface area contributed by atoms with Gasteiger partial charge in [-0.3, -0.25) is 4.79 Å². The SMILES string of the molecule is CSc1cccc(NC(=O)c2cc(C)no2)c1. The number of carbonyl (C=O) groups is 1. The summed E-state index contributed by atoms with van der Waals surface area (Å²) < 4.78 is 4.89. The summed E-state index contributed by atoms with van der Waals surface area (Å²) in [5.41, 5.74) is 1.43. The summed E-state index contributed by atoms with van der Waals surface area (Å²) in [5.74, 6) is -0.0686. The van der Waals surface area contributed by atoms with Gasteiger partial charge >= 0.3 is 0 Å². The van der Waals surface area contributed by atoms with Crippen LogP contribution in [0, 0.1) is 6.92 Å². The summed E-state index contributed by atoms with van der Waals surface area (Å²) in [6.07, 6.45) is 1.99. The van der Waals surface area contributed by atoms with Gasteiger partial charge in [0.2, 0.25) is 5.76 Å². The van der Waals surface area contributed by atoms with Crippen LogP contribution in [0.5, 0.6) is 0 Å². The van der Waals surface area contributed by atoms with Gasteiger partial charge in [-0.25, -0.2) is 0 Å². The zero-order valence-electron chi connectivity index (χ0n) is 9.56. The van der Waals surface area contributed by atoms with Crippen LogP contribution < -0.4 is 5.32 Å². The highest BCUT2D eigenvalue weighted by Crippen LogP contribution is 2.19. The molecule has 0 bridgehead atoms. The summed E-state index contributed by atoms with van der Waals surface area (Å²) in [6.45, 7) is 1.77. The van der Waals surface area contributed by atoms with Crippen molar-refractivity contribution >= 4 is 23.4 Å². The summed E-state index contributed by atoms with van der Waals surface area (Å²) in [7, 11) is 0. The predicted molar refractivity (Wildman–Crippen MR) is 67.4 cm³/mol. The number of rotatable bonds is 3. The lowest BCUT2D eigenvalue weighted by molar-refractivity contribution is 0.0988. The molecule has 17 heavy (non-hydrogen) atoms. The fourth-order valence-electron chi connectivity index (χ4n) is 1.36. The molecule has 2 rings (SSSR count). The first-order valence-electron chi connectivity index (χ1n) is 5.08. The molecule has 0 aliphatic heterocycles. The molecule has 5 heteroatoms. The second kappa shape index (κ2) is 5.05. The van der Waals surface area contributed by atoms with E-state index in [0.717, 1.165) is 10.6 Å². The Morgan fingerprint density at radius 3 is 2.88 bits per heavy atom. The number of amides is 1. The molecule has 0 fully saturated rings. The van der Waals surface area contributed by atoms with E-state index in [0.29, 0.717) is 5.69 Å². The smallest absolute Gasteiger partial charge is 0.294 e. The maximum Gasteiger partial charge on any atom is 0.294 e. The number of carbonyl (C=O) groups excluding carboxylic acids is 1. The lowest BCUT2D eigenvalue weighted by atomic mass is 10.3. The molecule has 0 saturated heterocycles. The maximum absolute atomic E-state index is 11.8. The van der Waals surface area contributed by atoms with Crippen LogP contribution in [0.25, 0.3) is 0 Å². The minimum absolute atomic E-state index is 0.219. The summed E-state index contributed by atoms with van der Waals surface area (Å²) in [6, 6.07) is 9.23. The highest BCUT2D eigenvalue weighted by Gasteiger charge is 2.11. The number of benzene rings is 1. The van der Waals surface area contributed by atoms with Crippen LogP contribution in [0.1, 0.15) is 16.2 Å². The van der Waals surface area contributed by atoms with Crippen LogP contribution in [0.4, 0.5) is 5.69 Å². The quantitative estimate of drug-likeness (QED) is 0.848. The number of nitrogens with zero attached hydrogens (tertiary/aromatic N) is 1. The number of anilines is 1. The van der Waals surface area contributed by atoms with Crippen molar-refractivity contribution in [3.05, 3.63) is 41.8 Å². The third kappa shape index (κ3) is 2.88. The zero-order valence-corrected chi connectivity index (χ0v) is 10.4. The van der Waals surface area contributed by atoms with Crippen LogP contribution in [0.3, 0.4) is 0 Å². The number of aromatic nitrogens is 1. The Labute approximate surface area is 103 Å². The maximum atomic E-state index is 11.8. The standard InChI is InChI=1S/C12H12N2O2S/c1-8-6-11(16-14-8)12(15)13-9-4-3-5-10(7-9)17-2/h3-7H,1-2H3,(H,13,15). The van der Waals surface area contributed by atoms with E-state index in [1.165, 1.54) is 0 Å². The molecule has 1 aromatic heterocycles. The molecule has 4 nitrogen and oxygen atoms in total. The van der Waals surface area contributed by atoms with Crippen LogP contribution in [-0.4, -0.2) is 17.3 Å². The summed E-state index contributed by atoms with van der Waals surface area (Å²) in [4.78, 5) is 12.9. The fourth-order valence-corrected chi connectivity index (χ4v) is 1.82. The van der Waals surface area contributed by atoms with Crippen molar-refractivity contribution in [3.63, 3.8) is 0 Å². The zero-order chi connectivity index (χ0) is 12.3. The number of aryl methyl sites for hydroxylation is 1. The van der Waals surface area contributed by atoms with Crippen molar-refractivity contribution < 1.29 is 9.32 Å². The van der Waals surface area contributed by atoms with Gasteiger partial charge in [0.15, 0.2) is 0 Å². The molecule has 1 N–H and O–H groups in total. The Kier molecular flexibility index (Phi) is 3.49. The van der Waals surface area contributed by atoms with Crippen molar-refractivity contribution in [2.45, 2.75) is 11.8 Å². The van der Waals surface area contributed by atoms with Gasteiger partial charge in [0.25, 0.3) is 5.91 Å². The van der Waals surface area contributed by atoms with E-state index in [2.05, 4.69) is 10.5 Å². The van der Waals surface area contributed by atoms with Crippen molar-refractivity contribution in [2.24, 2.45) is 0 Å². The molecule has 1 aromatic carbocycles. The van der Waals surface area contributed by atoms with E-state index in [9.17, 15) is 4.79 Å². The molecular formula is C12H12N2O2S. The molecule has 0 saturated carbocycles. The lowest BCUT2D eigenvalue weighted by Crippen LogP contribution is -2.10. The minimum atomic E-state index is -0.288. The van der Waals surface area contributed by atoms with E-state index >= 15 is 0 Å². The van der Waals surface area contributed by atoms with Crippen LogP contribution in [-0.2, 0) is 0 Å². The molecule has 1 amide bonds. The molecule has 0 aliphatic rings. The molecule has 0 spiro atoms. The van der Waals surface area contributed by atoms with E-state index in [1.807, 2.05) is 30.5 Å². The van der Waals surface area contributed by atoms with Gasteiger partial charge in [0, 0.05) is 16.6 Å². The first-order chi connectivity index (χ1) is 8.19. The highest BCUT2D eigenvalue weighted by atomic mass is 32.2. The van der Waals surface area contributed by atoms with Gasteiger partial charge in [0.1, 0.15) is 0 Å². The molecule has 0 aliphatic carbocycles. The largest absolute Gasteiger partial charge is 0.351 e. The summed E-state index contributed by atoms with van der Waals surface area (Å²) >= 11 is 1.62. The van der Waals surface area contributed by atoms with Crippen molar-refractivity contribution in [1.82, 2.24) is 5.16 Å². The Morgan fingerprint density at radius 2 is 2.24 bits per heavy atom. The molecule has 0 radical (unpaired) electrons. The first-order valence-corrected chi connectivity index (χ1v) is 6.30. The van der Waals surface area contributed by atoms with Crippen molar-refractivity contribution in [3.8, 4) is 0 Å². The Balaban J connectivity index is 2.12. The third-order valence-electron chi connectivity index (χ3n) is 2.18. The number of hydrogen-bond donors (Lipinski definition) is 1. The number of nitrogens with one attached hydrogen (secondary N) is 1. The fraction of sp³-hybridized carbons (Fsp3) is 0.167. The van der Waals surface area contributed by atoms with Crippen LogP contribution >= 0.6 is 11.8 Å². The Morgan fingerprint density at radius 1 is 1.41 bits per heavy atom. The molecular weight excluding hydrogens is 236 g/mol. The third-order valence-corrected chi connectivity index (χ3v) is 2.90. The lowest BCUT2D eigenvalue weighted by Gasteiger charge is -2.03. The van der Waals surface area contributed by atoms with Gasteiger partial charge in [-0.05, 0) is 31.4 Å². The average Bonchev–Trinajstić information content (AvgIpc) is 2.76. The molecule has 88 valence electrons. The second-order valence-corrected chi connectivity index (χ2v) is 4.40. The van der Waals surface area contributed by atoms with Crippen molar-refractivity contribution in [1.29, 1.82) is 0 Å². The van der Waals surface area contributed by atoms with E-state index in [-0.39, 0.29) is 11.7 Å². The normalized spacial score (nSPS) is 10.2. The monoisotopic (exact) mass is 248 g/mol. The Bertz CT molecular complexity index is 537. The summed E-state index contributed by atoms with van der Waals surface area (Å²) in [5, 5.41) is 6.43. The van der Waals surface area contributed by atoms with Gasteiger partial charge in [0.05, 0.1) is 5.69 Å². The predicted octanol–water partition coefficient (Wildman–Crippen LogP) is 2.96. The van der Waals surface area contributed by atoms with E-state index < -0.39 is 0 Å². The molecule has 2 aromatic rings. The van der Waals surface area contributed by atoms with Gasteiger partial charge < -0.3 is 9.84 Å². The topological polar surface area (TPSA) is 55.1 Å². The molecule has 0 atom stereocenters. The van der Waals surface area contributed by atoms with E-state index in [4.69, 9.17) is 4.52 Å². The van der Waals surface area contributed by atoms with Gasteiger partial charge in [-0.15, -0.1) is 11.8 Å². The number of hydrogen-bond acceptors (Lipinski definition) is 4. The first kappa shape index (κ1) is 11.7. The average molecular weight is 248 g/mol. The van der Waals surface area contributed by atoms with Crippen LogP contribution in [0.15, 0.2) is 39.8 Å². The van der Waals surface area contributed by atoms with Crippen LogP contribution in [0.2, 0.25) is 0 Å². The minimum Gasteiger partial charge on any atom is -0.351 e. The Hall–Kier alpha value is -1.75.